The van der Waals surface area contributed by atoms with Crippen LogP contribution in [0.1, 0.15) is 26.7 Å². The topological polar surface area (TPSA) is 48.3 Å². The Morgan fingerprint density at radius 2 is 2.24 bits per heavy atom. The Balaban J connectivity index is 2.67. The van der Waals surface area contributed by atoms with E-state index in [4.69, 9.17) is 4.74 Å². The molecule has 2 unspecified atom stereocenters. The molecule has 0 aromatic heterocycles. The third kappa shape index (κ3) is 3.41. The molecule has 4 heteroatoms. The van der Waals surface area contributed by atoms with Crippen molar-refractivity contribution in [2.45, 2.75) is 38.3 Å². The zero-order chi connectivity index (χ0) is 12.9. The molecule has 0 aliphatic heterocycles. The van der Waals surface area contributed by atoms with Crippen molar-refractivity contribution in [2.24, 2.45) is 5.92 Å². The Morgan fingerprint density at radius 1 is 1.59 bits per heavy atom. The van der Waals surface area contributed by atoms with Crippen LogP contribution in [0.4, 0.5) is 0 Å². The van der Waals surface area contributed by atoms with Crippen molar-refractivity contribution in [3.63, 3.8) is 0 Å². The van der Waals surface area contributed by atoms with Gasteiger partial charge in [-0.05, 0) is 39.3 Å². The van der Waals surface area contributed by atoms with Gasteiger partial charge in [0.1, 0.15) is 5.54 Å². The highest BCUT2D eigenvalue weighted by molar-refractivity contribution is 5.16. The Kier molecular flexibility index (Phi) is 5.38. The van der Waals surface area contributed by atoms with Gasteiger partial charge in [-0.15, -0.1) is 0 Å². The maximum absolute atomic E-state index is 9.47. The normalized spacial score (nSPS) is 20.9. The highest BCUT2D eigenvalue weighted by Crippen LogP contribution is 2.39. The average molecular weight is 239 g/mol. The molecule has 17 heavy (non-hydrogen) atoms. The van der Waals surface area contributed by atoms with Crippen LogP contribution in [0.5, 0.6) is 0 Å². The molecule has 0 radical (unpaired) electrons. The van der Waals surface area contributed by atoms with E-state index in [0.29, 0.717) is 18.6 Å². The molecule has 1 fully saturated rings. The minimum absolute atomic E-state index is 0.352. The van der Waals surface area contributed by atoms with Gasteiger partial charge in [0.05, 0.1) is 12.7 Å². The first-order valence-electron chi connectivity index (χ1n) is 6.46. The maximum atomic E-state index is 9.47. The molecule has 1 aliphatic rings. The van der Waals surface area contributed by atoms with E-state index in [-0.39, 0.29) is 5.54 Å². The van der Waals surface area contributed by atoms with Crippen LogP contribution >= 0.6 is 0 Å². The Morgan fingerprint density at radius 3 is 2.59 bits per heavy atom. The summed E-state index contributed by atoms with van der Waals surface area (Å²) in [7, 11) is 3.62. The lowest BCUT2D eigenvalue weighted by Crippen LogP contribution is -2.55. The third-order valence-electron chi connectivity index (χ3n) is 3.81. The number of hydrogen-bond donors (Lipinski definition) is 1. The van der Waals surface area contributed by atoms with Crippen molar-refractivity contribution < 1.29 is 4.74 Å². The van der Waals surface area contributed by atoms with E-state index in [2.05, 4.69) is 30.1 Å². The maximum Gasteiger partial charge on any atom is 0.122 e. The largest absolute Gasteiger partial charge is 0.383 e. The van der Waals surface area contributed by atoms with Gasteiger partial charge in [0.2, 0.25) is 0 Å². The van der Waals surface area contributed by atoms with E-state index in [1.807, 2.05) is 7.05 Å². The number of nitrogens with one attached hydrogen (secondary N) is 1. The van der Waals surface area contributed by atoms with Crippen LogP contribution in [-0.2, 0) is 4.74 Å². The molecule has 0 saturated heterocycles. The molecular weight excluding hydrogens is 214 g/mol. The second kappa shape index (κ2) is 6.34. The summed E-state index contributed by atoms with van der Waals surface area (Å²) in [5.74, 6) is 0.515. The van der Waals surface area contributed by atoms with E-state index in [1.54, 1.807) is 7.11 Å². The van der Waals surface area contributed by atoms with Crippen LogP contribution in [0.2, 0.25) is 0 Å². The molecule has 0 heterocycles. The van der Waals surface area contributed by atoms with Crippen molar-refractivity contribution in [3.05, 3.63) is 0 Å². The van der Waals surface area contributed by atoms with Gasteiger partial charge in [-0.1, -0.05) is 6.92 Å². The van der Waals surface area contributed by atoms with Gasteiger partial charge in [-0.25, -0.2) is 0 Å². The van der Waals surface area contributed by atoms with E-state index < -0.39 is 0 Å². The van der Waals surface area contributed by atoms with E-state index in [1.165, 1.54) is 12.8 Å². The second-order valence-corrected chi connectivity index (χ2v) is 4.97. The number of ether oxygens (including phenoxy) is 1. The molecule has 0 aromatic carbocycles. The van der Waals surface area contributed by atoms with Gasteiger partial charge in [0.25, 0.3) is 0 Å². The molecule has 0 spiro atoms. The number of nitriles is 1. The zero-order valence-electron chi connectivity index (χ0n) is 11.5. The minimum atomic E-state index is -0.377. The summed E-state index contributed by atoms with van der Waals surface area (Å²) >= 11 is 0. The van der Waals surface area contributed by atoms with Gasteiger partial charge >= 0.3 is 0 Å². The lowest BCUT2D eigenvalue weighted by Gasteiger charge is -2.36. The molecule has 1 N–H and O–H groups in total. The van der Waals surface area contributed by atoms with Crippen LogP contribution in [-0.4, -0.2) is 50.3 Å². The molecule has 2 atom stereocenters. The number of rotatable bonds is 8. The summed E-state index contributed by atoms with van der Waals surface area (Å²) < 4.78 is 5.20. The number of hydrogen-bond acceptors (Lipinski definition) is 4. The highest BCUT2D eigenvalue weighted by atomic mass is 16.5. The zero-order valence-corrected chi connectivity index (χ0v) is 11.5. The fraction of sp³-hybridized carbons (Fsp3) is 0.923. The van der Waals surface area contributed by atoms with Crippen molar-refractivity contribution in [1.29, 1.82) is 5.26 Å². The lowest BCUT2D eigenvalue weighted by atomic mass is 9.94. The highest BCUT2D eigenvalue weighted by Gasteiger charge is 2.45. The average Bonchev–Trinajstić information content (AvgIpc) is 3.16. The fourth-order valence-corrected chi connectivity index (χ4v) is 2.42. The van der Waals surface area contributed by atoms with Gasteiger partial charge in [0.15, 0.2) is 0 Å². The summed E-state index contributed by atoms with van der Waals surface area (Å²) in [5.41, 5.74) is -0.377. The standard InChI is InChI=1S/C13H25N3O/c1-5-16(11(2)8-17-4)10-13(9-14,15-3)12-6-7-12/h11-12,15H,5-8,10H2,1-4H3. The second-order valence-electron chi connectivity index (χ2n) is 4.97. The molecule has 4 nitrogen and oxygen atoms in total. The minimum Gasteiger partial charge on any atom is -0.383 e. The van der Waals surface area contributed by atoms with Gasteiger partial charge in [-0.3, -0.25) is 4.90 Å². The Hall–Kier alpha value is -0.630. The van der Waals surface area contributed by atoms with Crippen LogP contribution in [0.3, 0.4) is 0 Å². The van der Waals surface area contributed by atoms with Crippen molar-refractivity contribution >= 4 is 0 Å². The first-order valence-corrected chi connectivity index (χ1v) is 6.46. The van der Waals surface area contributed by atoms with Crippen molar-refractivity contribution in [3.8, 4) is 6.07 Å². The van der Waals surface area contributed by atoms with Crippen LogP contribution < -0.4 is 5.32 Å². The van der Waals surface area contributed by atoms with E-state index >= 15 is 0 Å². The predicted octanol–water partition coefficient (Wildman–Crippen LogP) is 1.23. The summed E-state index contributed by atoms with van der Waals surface area (Å²) in [4.78, 5) is 2.32. The smallest absolute Gasteiger partial charge is 0.122 e. The Labute approximate surface area is 105 Å². The van der Waals surface area contributed by atoms with Gasteiger partial charge in [-0.2, -0.15) is 5.26 Å². The molecule has 0 aromatic rings. The molecule has 1 aliphatic carbocycles. The first kappa shape index (κ1) is 14.4. The molecule has 1 saturated carbocycles. The van der Waals surface area contributed by atoms with Crippen molar-refractivity contribution in [2.75, 3.05) is 33.9 Å². The van der Waals surface area contributed by atoms with Crippen LogP contribution in [0, 0.1) is 17.2 Å². The monoisotopic (exact) mass is 239 g/mol. The van der Waals surface area contributed by atoms with Crippen molar-refractivity contribution in [1.82, 2.24) is 10.2 Å². The van der Waals surface area contributed by atoms with Gasteiger partial charge in [0, 0.05) is 19.7 Å². The Bertz CT molecular complexity index is 272. The van der Waals surface area contributed by atoms with E-state index in [9.17, 15) is 5.26 Å². The molecule has 1 rings (SSSR count). The summed E-state index contributed by atoms with van der Waals surface area (Å²) in [6.07, 6.45) is 2.34. The molecule has 98 valence electrons. The summed E-state index contributed by atoms with van der Waals surface area (Å²) in [6.45, 7) is 6.73. The number of methoxy groups -OCH3 is 1. The third-order valence-corrected chi connectivity index (χ3v) is 3.81. The predicted molar refractivity (Wildman–Crippen MR) is 68.7 cm³/mol. The molecule has 0 amide bonds. The van der Waals surface area contributed by atoms with Crippen LogP contribution in [0.15, 0.2) is 0 Å². The number of nitrogens with zero attached hydrogens (tertiary/aromatic N) is 2. The van der Waals surface area contributed by atoms with E-state index in [0.717, 1.165) is 13.1 Å². The summed E-state index contributed by atoms with van der Waals surface area (Å²) in [5, 5.41) is 12.7. The molecule has 0 bridgehead atoms. The lowest BCUT2D eigenvalue weighted by molar-refractivity contribution is 0.0854. The number of likely N-dealkylation sites (N-methyl/N-ethyl adjacent to an activating group) is 2. The van der Waals surface area contributed by atoms with Crippen LogP contribution in [0.25, 0.3) is 0 Å². The molecular formula is C13H25N3O. The first-order chi connectivity index (χ1) is 8.13. The quantitative estimate of drug-likeness (QED) is 0.692. The van der Waals surface area contributed by atoms with Gasteiger partial charge < -0.3 is 10.1 Å². The SMILES string of the molecule is CCN(CC(C#N)(NC)C1CC1)C(C)COC. The fourth-order valence-electron chi connectivity index (χ4n) is 2.42. The summed E-state index contributed by atoms with van der Waals surface area (Å²) in [6, 6.07) is 2.85.